The van der Waals surface area contributed by atoms with Crippen LogP contribution in [0.1, 0.15) is 5.56 Å². The average Bonchev–Trinajstić information content (AvgIpc) is 2.52. The Hall–Kier alpha value is -0.740. The van der Waals surface area contributed by atoms with Gasteiger partial charge >= 0.3 is 0 Å². The summed E-state index contributed by atoms with van der Waals surface area (Å²) in [6.07, 6.45) is 0. The van der Waals surface area contributed by atoms with E-state index in [-0.39, 0.29) is 0 Å². The number of hydrogen-bond acceptors (Lipinski definition) is 3. The molecule has 0 amide bonds. The molecule has 3 nitrogen and oxygen atoms in total. The number of rotatable bonds is 1. The summed E-state index contributed by atoms with van der Waals surface area (Å²) in [4.78, 5) is 0. The van der Waals surface area contributed by atoms with Gasteiger partial charge in [-0.3, -0.25) is 0 Å². The molecule has 64 valence electrons. The first kappa shape index (κ1) is 7.89. The zero-order valence-electron chi connectivity index (χ0n) is 6.34. The molecule has 0 saturated carbocycles. The molecule has 0 spiro atoms. The van der Waals surface area contributed by atoms with E-state index in [4.69, 9.17) is 15.2 Å². The number of halogens is 1. The van der Waals surface area contributed by atoms with Gasteiger partial charge in [0.15, 0.2) is 11.5 Å². The van der Waals surface area contributed by atoms with Crippen LogP contribution in [-0.4, -0.2) is 6.79 Å². The first-order valence-corrected chi connectivity index (χ1v) is 4.38. The minimum atomic E-state index is 0.294. The molecular weight excluding hydrogens is 222 g/mol. The van der Waals surface area contributed by atoms with Gasteiger partial charge in [-0.2, -0.15) is 0 Å². The van der Waals surface area contributed by atoms with Crippen molar-refractivity contribution in [3.8, 4) is 11.5 Å². The zero-order valence-corrected chi connectivity index (χ0v) is 7.93. The quantitative estimate of drug-likeness (QED) is 0.797. The molecule has 2 N–H and O–H groups in total. The van der Waals surface area contributed by atoms with E-state index in [1.165, 1.54) is 0 Å². The summed E-state index contributed by atoms with van der Waals surface area (Å²) >= 11 is 3.38. The minimum absolute atomic E-state index is 0.294. The molecule has 4 heteroatoms. The molecule has 1 aromatic rings. The maximum atomic E-state index is 5.50. The Labute approximate surface area is 78.6 Å². The fourth-order valence-electron chi connectivity index (χ4n) is 1.14. The Kier molecular flexibility index (Phi) is 1.94. The molecule has 1 aromatic carbocycles. The third-order valence-corrected chi connectivity index (χ3v) is 2.31. The Morgan fingerprint density at radius 3 is 3.00 bits per heavy atom. The lowest BCUT2D eigenvalue weighted by Gasteiger charge is -2.01. The number of ether oxygens (including phenoxy) is 2. The SMILES string of the molecule is NCc1cc(Br)c2c(c1)OCO2. The van der Waals surface area contributed by atoms with Crippen LogP contribution >= 0.6 is 15.9 Å². The molecule has 2 rings (SSSR count). The molecule has 1 aliphatic heterocycles. The lowest BCUT2D eigenvalue weighted by molar-refractivity contribution is 0.173. The number of nitrogens with two attached hydrogens (primary N) is 1. The predicted molar refractivity (Wildman–Crippen MR) is 48.2 cm³/mol. The fraction of sp³-hybridized carbons (Fsp3) is 0.250. The maximum Gasteiger partial charge on any atom is 0.231 e. The summed E-state index contributed by atoms with van der Waals surface area (Å²) in [5.74, 6) is 1.54. The standard InChI is InChI=1S/C8H8BrNO2/c9-6-1-5(3-10)2-7-8(6)12-4-11-7/h1-2H,3-4,10H2. The molecule has 0 aliphatic carbocycles. The van der Waals surface area contributed by atoms with Crippen molar-refractivity contribution in [2.45, 2.75) is 6.54 Å². The molecule has 0 unspecified atom stereocenters. The molecule has 0 radical (unpaired) electrons. The van der Waals surface area contributed by atoms with Gasteiger partial charge in [-0.1, -0.05) is 0 Å². The van der Waals surface area contributed by atoms with Gasteiger partial charge in [0.2, 0.25) is 6.79 Å². The Morgan fingerprint density at radius 2 is 2.25 bits per heavy atom. The van der Waals surface area contributed by atoms with Crippen molar-refractivity contribution in [2.24, 2.45) is 5.73 Å². The van der Waals surface area contributed by atoms with Crippen LogP contribution in [0.5, 0.6) is 11.5 Å². The van der Waals surface area contributed by atoms with E-state index in [1.54, 1.807) is 0 Å². The van der Waals surface area contributed by atoms with Crippen LogP contribution in [0.4, 0.5) is 0 Å². The van der Waals surface area contributed by atoms with Crippen LogP contribution in [0, 0.1) is 0 Å². The molecule has 1 heterocycles. The third kappa shape index (κ3) is 1.17. The van der Waals surface area contributed by atoms with Crippen molar-refractivity contribution in [1.82, 2.24) is 0 Å². The summed E-state index contributed by atoms with van der Waals surface area (Å²) in [6, 6.07) is 3.83. The van der Waals surface area contributed by atoms with Crippen LogP contribution in [0.2, 0.25) is 0 Å². The summed E-state index contributed by atoms with van der Waals surface area (Å²) in [5, 5.41) is 0. The topological polar surface area (TPSA) is 44.5 Å². The van der Waals surface area contributed by atoms with Crippen molar-refractivity contribution < 1.29 is 9.47 Å². The number of benzene rings is 1. The Bertz CT molecular complexity index is 314. The van der Waals surface area contributed by atoms with Crippen molar-refractivity contribution >= 4 is 15.9 Å². The third-order valence-electron chi connectivity index (χ3n) is 1.72. The van der Waals surface area contributed by atoms with Gasteiger partial charge in [0.05, 0.1) is 4.47 Å². The van der Waals surface area contributed by atoms with Crippen molar-refractivity contribution in [3.63, 3.8) is 0 Å². The molecule has 0 atom stereocenters. The number of fused-ring (bicyclic) bond motifs is 1. The van der Waals surface area contributed by atoms with Gasteiger partial charge in [-0.25, -0.2) is 0 Å². The van der Waals surface area contributed by atoms with E-state index in [2.05, 4.69) is 15.9 Å². The van der Waals surface area contributed by atoms with E-state index in [9.17, 15) is 0 Å². The Morgan fingerprint density at radius 1 is 1.42 bits per heavy atom. The van der Waals surface area contributed by atoms with Gasteiger partial charge in [0.1, 0.15) is 0 Å². The highest BCUT2D eigenvalue weighted by Crippen LogP contribution is 2.39. The van der Waals surface area contributed by atoms with Gasteiger partial charge in [0.25, 0.3) is 0 Å². The largest absolute Gasteiger partial charge is 0.454 e. The molecule has 0 saturated heterocycles. The van der Waals surface area contributed by atoms with Gasteiger partial charge in [-0.05, 0) is 33.6 Å². The van der Waals surface area contributed by atoms with E-state index in [1.807, 2.05) is 12.1 Å². The lowest BCUT2D eigenvalue weighted by atomic mass is 10.2. The highest BCUT2D eigenvalue weighted by molar-refractivity contribution is 9.10. The fourth-order valence-corrected chi connectivity index (χ4v) is 1.74. The van der Waals surface area contributed by atoms with Crippen LogP contribution < -0.4 is 15.2 Å². The van der Waals surface area contributed by atoms with Crippen LogP contribution in [0.15, 0.2) is 16.6 Å². The zero-order chi connectivity index (χ0) is 8.55. The molecular formula is C8H8BrNO2. The Balaban J connectivity index is 2.51. The molecule has 0 aromatic heterocycles. The van der Waals surface area contributed by atoms with Crippen LogP contribution in [-0.2, 0) is 6.54 Å². The van der Waals surface area contributed by atoms with E-state index in [0.29, 0.717) is 13.3 Å². The van der Waals surface area contributed by atoms with Crippen LogP contribution in [0.25, 0.3) is 0 Å². The number of hydrogen-bond donors (Lipinski definition) is 1. The minimum Gasteiger partial charge on any atom is -0.454 e. The lowest BCUT2D eigenvalue weighted by Crippen LogP contribution is -1.95. The van der Waals surface area contributed by atoms with Gasteiger partial charge < -0.3 is 15.2 Å². The van der Waals surface area contributed by atoms with Gasteiger partial charge in [0, 0.05) is 6.54 Å². The normalized spacial score (nSPS) is 13.5. The summed E-state index contributed by atoms with van der Waals surface area (Å²) < 4.78 is 11.3. The smallest absolute Gasteiger partial charge is 0.231 e. The second kappa shape index (κ2) is 2.95. The first-order valence-electron chi connectivity index (χ1n) is 3.59. The molecule has 0 bridgehead atoms. The molecule has 12 heavy (non-hydrogen) atoms. The van der Waals surface area contributed by atoms with E-state index >= 15 is 0 Å². The monoisotopic (exact) mass is 229 g/mol. The summed E-state index contributed by atoms with van der Waals surface area (Å²) in [7, 11) is 0. The van der Waals surface area contributed by atoms with Crippen molar-refractivity contribution in [2.75, 3.05) is 6.79 Å². The molecule has 1 aliphatic rings. The van der Waals surface area contributed by atoms with Gasteiger partial charge in [-0.15, -0.1) is 0 Å². The molecule has 0 fully saturated rings. The summed E-state index contributed by atoms with van der Waals surface area (Å²) in [6.45, 7) is 0.803. The second-order valence-electron chi connectivity index (χ2n) is 2.52. The average molecular weight is 230 g/mol. The van der Waals surface area contributed by atoms with E-state index in [0.717, 1.165) is 21.5 Å². The predicted octanol–water partition coefficient (Wildman–Crippen LogP) is 1.64. The highest BCUT2D eigenvalue weighted by Gasteiger charge is 2.17. The van der Waals surface area contributed by atoms with Crippen molar-refractivity contribution in [1.29, 1.82) is 0 Å². The second-order valence-corrected chi connectivity index (χ2v) is 3.37. The van der Waals surface area contributed by atoms with Crippen molar-refractivity contribution in [3.05, 3.63) is 22.2 Å². The van der Waals surface area contributed by atoms with E-state index < -0.39 is 0 Å². The van der Waals surface area contributed by atoms with Crippen LogP contribution in [0.3, 0.4) is 0 Å². The highest BCUT2D eigenvalue weighted by atomic mass is 79.9. The maximum absolute atomic E-state index is 5.50. The summed E-state index contributed by atoms with van der Waals surface area (Å²) in [5.41, 5.74) is 6.53. The first-order chi connectivity index (χ1) is 5.81.